The summed E-state index contributed by atoms with van der Waals surface area (Å²) >= 11 is 1.53. The molecule has 1 aromatic heterocycles. The molecule has 0 fully saturated rings. The van der Waals surface area contributed by atoms with Crippen LogP contribution in [0.5, 0.6) is 5.75 Å². The van der Waals surface area contributed by atoms with Gasteiger partial charge in [-0.3, -0.25) is 4.79 Å². The standard InChI is InChI=1S/C22H27NO4S/c1-3-14-27-22(25)20-17-6-4-5-7-18(17)28-21(20)23-19(24)13-10-15-8-11-16(26-2)12-9-15/h8-9,11-12H,3-7,10,13-14H2,1-2H3,(H,23,24). The number of hydrogen-bond donors (Lipinski definition) is 1. The average Bonchev–Trinajstić information content (AvgIpc) is 3.08. The number of rotatable bonds is 8. The summed E-state index contributed by atoms with van der Waals surface area (Å²) in [5.41, 5.74) is 2.72. The van der Waals surface area contributed by atoms with Crippen molar-refractivity contribution in [2.45, 2.75) is 51.9 Å². The highest BCUT2D eigenvalue weighted by Crippen LogP contribution is 2.38. The molecule has 0 bridgehead atoms. The monoisotopic (exact) mass is 401 g/mol. The van der Waals surface area contributed by atoms with Gasteiger partial charge in [0, 0.05) is 11.3 Å². The first-order chi connectivity index (χ1) is 13.6. The first kappa shape index (κ1) is 20.4. The van der Waals surface area contributed by atoms with Crippen molar-refractivity contribution in [2.24, 2.45) is 0 Å². The highest BCUT2D eigenvalue weighted by molar-refractivity contribution is 7.17. The van der Waals surface area contributed by atoms with Crippen LogP contribution in [0.3, 0.4) is 0 Å². The molecular formula is C22H27NO4S. The van der Waals surface area contributed by atoms with Crippen molar-refractivity contribution in [3.63, 3.8) is 0 Å². The number of carbonyl (C=O) groups excluding carboxylic acids is 2. The fourth-order valence-corrected chi connectivity index (χ4v) is 4.67. The van der Waals surface area contributed by atoms with Crippen LogP contribution < -0.4 is 10.1 Å². The molecule has 0 atom stereocenters. The number of fused-ring (bicyclic) bond motifs is 1. The van der Waals surface area contributed by atoms with Crippen LogP contribution in [0.1, 0.15) is 59.0 Å². The van der Waals surface area contributed by atoms with E-state index in [1.54, 1.807) is 7.11 Å². The zero-order valence-electron chi connectivity index (χ0n) is 16.5. The number of nitrogens with one attached hydrogen (secondary N) is 1. The molecule has 1 aliphatic carbocycles. The summed E-state index contributed by atoms with van der Waals surface area (Å²) in [7, 11) is 1.63. The van der Waals surface area contributed by atoms with E-state index in [-0.39, 0.29) is 11.9 Å². The van der Waals surface area contributed by atoms with E-state index < -0.39 is 0 Å². The minimum Gasteiger partial charge on any atom is -0.497 e. The van der Waals surface area contributed by atoms with Crippen LogP contribution >= 0.6 is 11.3 Å². The van der Waals surface area contributed by atoms with E-state index in [2.05, 4.69) is 5.32 Å². The SMILES string of the molecule is CCCOC(=O)c1c(NC(=O)CCc2ccc(OC)cc2)sc2c1CCCC2. The molecule has 2 aromatic rings. The normalized spacial score (nSPS) is 12.9. The summed E-state index contributed by atoms with van der Waals surface area (Å²) < 4.78 is 10.5. The van der Waals surface area contributed by atoms with E-state index in [4.69, 9.17) is 9.47 Å². The van der Waals surface area contributed by atoms with Crippen LogP contribution in [-0.4, -0.2) is 25.6 Å². The molecule has 1 N–H and O–H groups in total. The minimum absolute atomic E-state index is 0.0843. The molecule has 6 heteroatoms. The lowest BCUT2D eigenvalue weighted by Gasteiger charge is -2.12. The largest absolute Gasteiger partial charge is 0.497 e. The molecule has 0 aliphatic heterocycles. The van der Waals surface area contributed by atoms with Crippen molar-refractivity contribution in [3.8, 4) is 5.75 Å². The number of ether oxygens (including phenoxy) is 2. The van der Waals surface area contributed by atoms with Gasteiger partial charge in [0.25, 0.3) is 0 Å². The molecule has 150 valence electrons. The second-order valence-electron chi connectivity index (χ2n) is 6.95. The van der Waals surface area contributed by atoms with E-state index in [9.17, 15) is 9.59 Å². The summed E-state index contributed by atoms with van der Waals surface area (Å²) in [6, 6.07) is 7.71. The second-order valence-corrected chi connectivity index (χ2v) is 8.05. The molecule has 0 spiro atoms. The summed E-state index contributed by atoms with van der Waals surface area (Å²) in [4.78, 5) is 26.3. The topological polar surface area (TPSA) is 64.6 Å². The number of anilines is 1. The van der Waals surface area contributed by atoms with Crippen molar-refractivity contribution in [1.29, 1.82) is 0 Å². The number of hydrogen-bond acceptors (Lipinski definition) is 5. The van der Waals surface area contributed by atoms with E-state index in [0.717, 1.165) is 49.0 Å². The Balaban J connectivity index is 1.68. The number of benzene rings is 1. The molecular weight excluding hydrogens is 374 g/mol. The predicted molar refractivity (Wildman–Crippen MR) is 111 cm³/mol. The second kappa shape index (κ2) is 9.73. The van der Waals surface area contributed by atoms with E-state index >= 15 is 0 Å². The maximum atomic E-state index is 12.6. The van der Waals surface area contributed by atoms with Gasteiger partial charge in [-0.1, -0.05) is 19.1 Å². The number of carbonyl (C=O) groups is 2. The number of esters is 1. The minimum atomic E-state index is -0.313. The Kier molecular flexibility index (Phi) is 7.09. The van der Waals surface area contributed by atoms with Gasteiger partial charge in [-0.05, 0) is 61.8 Å². The third-order valence-corrected chi connectivity index (χ3v) is 6.07. The molecule has 1 aromatic carbocycles. The van der Waals surface area contributed by atoms with Crippen LogP contribution in [0.4, 0.5) is 5.00 Å². The van der Waals surface area contributed by atoms with E-state index in [1.807, 2.05) is 31.2 Å². The van der Waals surface area contributed by atoms with Crippen molar-refractivity contribution >= 4 is 28.2 Å². The van der Waals surface area contributed by atoms with Crippen LogP contribution in [0.25, 0.3) is 0 Å². The van der Waals surface area contributed by atoms with Gasteiger partial charge in [-0.15, -0.1) is 11.3 Å². The third kappa shape index (κ3) is 4.93. The van der Waals surface area contributed by atoms with Gasteiger partial charge in [0.1, 0.15) is 10.8 Å². The molecule has 1 amide bonds. The number of amides is 1. The van der Waals surface area contributed by atoms with Crippen LogP contribution in [0, 0.1) is 0 Å². The zero-order valence-corrected chi connectivity index (χ0v) is 17.3. The third-order valence-electron chi connectivity index (χ3n) is 4.87. The summed E-state index contributed by atoms with van der Waals surface area (Å²) in [5.74, 6) is 0.401. The first-order valence-electron chi connectivity index (χ1n) is 9.86. The Labute approximate surface area is 170 Å². The van der Waals surface area contributed by atoms with Crippen LogP contribution in [0.15, 0.2) is 24.3 Å². The molecule has 5 nitrogen and oxygen atoms in total. The molecule has 3 rings (SSSR count). The zero-order chi connectivity index (χ0) is 19.9. The van der Waals surface area contributed by atoms with Gasteiger partial charge in [0.2, 0.25) is 5.91 Å². The van der Waals surface area contributed by atoms with Gasteiger partial charge in [-0.2, -0.15) is 0 Å². The Morgan fingerprint density at radius 1 is 1.14 bits per heavy atom. The lowest BCUT2D eigenvalue weighted by Crippen LogP contribution is -2.16. The molecule has 1 heterocycles. The van der Waals surface area contributed by atoms with Crippen molar-refractivity contribution in [1.82, 2.24) is 0 Å². The summed E-state index contributed by atoms with van der Waals surface area (Å²) in [6.07, 6.45) is 5.82. The van der Waals surface area contributed by atoms with Crippen molar-refractivity contribution in [2.75, 3.05) is 19.0 Å². The Bertz CT molecular complexity index is 826. The quantitative estimate of drug-likeness (QED) is 0.647. The maximum absolute atomic E-state index is 12.6. The van der Waals surface area contributed by atoms with Gasteiger partial charge < -0.3 is 14.8 Å². The highest BCUT2D eigenvalue weighted by atomic mass is 32.1. The maximum Gasteiger partial charge on any atom is 0.341 e. The first-order valence-corrected chi connectivity index (χ1v) is 10.7. The predicted octanol–water partition coefficient (Wildman–Crippen LogP) is 4.77. The number of thiophene rings is 1. The smallest absolute Gasteiger partial charge is 0.341 e. The highest BCUT2D eigenvalue weighted by Gasteiger charge is 2.27. The van der Waals surface area contributed by atoms with Gasteiger partial charge in [-0.25, -0.2) is 4.79 Å². The molecule has 28 heavy (non-hydrogen) atoms. The van der Waals surface area contributed by atoms with Gasteiger partial charge >= 0.3 is 5.97 Å². The lowest BCUT2D eigenvalue weighted by atomic mass is 9.95. The van der Waals surface area contributed by atoms with E-state index in [0.29, 0.717) is 30.0 Å². The summed E-state index contributed by atoms with van der Waals surface area (Å²) in [5, 5.41) is 3.62. The molecule has 0 radical (unpaired) electrons. The Morgan fingerprint density at radius 3 is 2.61 bits per heavy atom. The average molecular weight is 402 g/mol. The summed E-state index contributed by atoms with van der Waals surface area (Å²) in [6.45, 7) is 2.37. The molecule has 1 aliphatic rings. The lowest BCUT2D eigenvalue weighted by molar-refractivity contribution is -0.116. The number of aryl methyl sites for hydroxylation is 2. The van der Waals surface area contributed by atoms with Gasteiger partial charge in [0.05, 0.1) is 19.3 Å². The van der Waals surface area contributed by atoms with Crippen molar-refractivity contribution < 1.29 is 19.1 Å². The van der Waals surface area contributed by atoms with E-state index in [1.165, 1.54) is 16.2 Å². The fourth-order valence-electron chi connectivity index (χ4n) is 3.38. The van der Waals surface area contributed by atoms with Crippen molar-refractivity contribution in [3.05, 3.63) is 45.8 Å². The van der Waals surface area contributed by atoms with Crippen LogP contribution in [0.2, 0.25) is 0 Å². The Morgan fingerprint density at radius 2 is 1.89 bits per heavy atom. The fraction of sp³-hybridized carbons (Fsp3) is 0.455. The molecule has 0 saturated carbocycles. The molecule has 0 saturated heterocycles. The van der Waals surface area contributed by atoms with Gasteiger partial charge in [0.15, 0.2) is 0 Å². The van der Waals surface area contributed by atoms with Crippen LogP contribution in [-0.2, 0) is 28.8 Å². The number of methoxy groups -OCH3 is 1. The molecule has 0 unspecified atom stereocenters. The Hall–Kier alpha value is -2.34.